The summed E-state index contributed by atoms with van der Waals surface area (Å²) in [4.78, 5) is 55.6. The van der Waals surface area contributed by atoms with Gasteiger partial charge in [0.1, 0.15) is 67.1 Å². The van der Waals surface area contributed by atoms with Crippen LogP contribution in [0.5, 0.6) is 0 Å². The first-order valence-electron chi connectivity index (χ1n) is 35.4. The monoisotopic (exact) mass is 1360 g/mol. The summed E-state index contributed by atoms with van der Waals surface area (Å²) in [6, 6.07) is 0. The van der Waals surface area contributed by atoms with Crippen molar-refractivity contribution < 1.29 is 131 Å². The summed E-state index contributed by atoms with van der Waals surface area (Å²) in [6.45, 7) is 15.2. The minimum atomic E-state index is -2.06. The van der Waals surface area contributed by atoms with Gasteiger partial charge in [-0.1, -0.05) is 129 Å². The largest absolute Gasteiger partial charge is 0.455 e. The number of esters is 4. The summed E-state index contributed by atoms with van der Waals surface area (Å²) >= 11 is 0. The predicted molar refractivity (Wildman–Crippen MR) is 337 cm³/mol. The number of carbonyl (C=O) groups excluding carboxylic acids is 4. The Bertz CT molecular complexity index is 2290. The predicted octanol–water partition coefficient (Wildman–Crippen LogP) is 4.79. The third-order valence-electron chi connectivity index (χ3n) is 19.3. The number of allylic oxidation sites excluding steroid dienone is 1. The number of carbonyl (C=O) groups is 4. The second kappa shape index (κ2) is 40.3. The molecule has 0 spiro atoms. The molecule has 95 heavy (non-hydrogen) atoms. The van der Waals surface area contributed by atoms with Crippen molar-refractivity contribution >= 4 is 23.9 Å². The van der Waals surface area contributed by atoms with Crippen LogP contribution in [0.1, 0.15) is 217 Å². The van der Waals surface area contributed by atoms with E-state index in [4.69, 9.17) is 66.3 Å². The van der Waals surface area contributed by atoms with E-state index in [-0.39, 0.29) is 24.5 Å². The van der Waals surface area contributed by atoms with E-state index in [0.29, 0.717) is 32.1 Å². The molecule has 0 aromatic carbocycles. The van der Waals surface area contributed by atoms with Crippen molar-refractivity contribution in [3.8, 4) is 0 Å². The summed E-state index contributed by atoms with van der Waals surface area (Å²) in [5, 5.41) is 102. The summed E-state index contributed by atoms with van der Waals surface area (Å²) < 4.78 is 88.4. The lowest BCUT2D eigenvalue weighted by atomic mass is 9.95. The van der Waals surface area contributed by atoms with Crippen LogP contribution in [-0.2, 0) is 85.5 Å². The van der Waals surface area contributed by atoms with Crippen LogP contribution in [0.2, 0.25) is 0 Å². The number of rotatable bonds is 27. The topological polar surface area (TPSA) is 380 Å². The standard InChI is InChI=1S/C68H116O27/c1-11-14-16-17-18-19-22-25-29-33-45(71)88-58-53(79)55(93-68-61(95-64-51(77)49(75)48(74)44(35-69)87-64)60(91-63(81)37(5)38(6)70)56(42(10)85-68)90-62(80)36(4)13-3)41(9)83-66(58)92-54-40(8)84-67-59(52(54)78)89-46(72)34-30-26-23-20-21-24-28-32-43(31-27-15-12-2)86-65-57(94-67)50(76)47(73)39(7)82-65/h13,37-44,47-61,64-70,73-79H,11-12,14-35H2,1-10H3/b36-13+/t37?,38?,39-,40+,41+,42+,43?,44-,47-,48-,49+,50+,51-,52-,53-,54+,55+,56+,57-,58-,59-,60-,61-,64+,65+,66+,67-,68+/m1/s1. The van der Waals surface area contributed by atoms with Gasteiger partial charge in [-0.05, 0) is 81.1 Å². The lowest BCUT2D eigenvalue weighted by Crippen LogP contribution is -2.68. The molecule has 27 nitrogen and oxygen atoms in total. The van der Waals surface area contributed by atoms with E-state index in [9.17, 15) is 65.1 Å². The quantitative estimate of drug-likeness (QED) is 0.0231. The number of unbranched alkanes of at least 4 members (excludes halogenated alkanes) is 10. The summed E-state index contributed by atoms with van der Waals surface area (Å²) in [5.74, 6) is -4.58. The number of ether oxygens (including phenoxy) is 14. The minimum Gasteiger partial charge on any atom is -0.455 e. The Morgan fingerprint density at radius 2 is 1.07 bits per heavy atom. The molecule has 6 fully saturated rings. The molecule has 0 amide bonds. The Labute approximate surface area is 560 Å². The van der Waals surface area contributed by atoms with Gasteiger partial charge in [-0.15, -0.1) is 0 Å². The Hall–Kier alpha value is -3.14. The molecule has 6 saturated heterocycles. The molecule has 0 aliphatic carbocycles. The van der Waals surface area contributed by atoms with Gasteiger partial charge < -0.3 is 112 Å². The van der Waals surface area contributed by atoms with Gasteiger partial charge >= 0.3 is 23.9 Å². The molecule has 6 heterocycles. The fraction of sp³-hybridized carbons (Fsp3) is 0.912. The molecule has 9 N–H and O–H groups in total. The maximum Gasteiger partial charge on any atom is 0.333 e. The SMILES string of the molecule is C/C=C(\C)C(=O)O[C@@H]1[C@@H](OC(=O)C(C)C(C)O)[C@@H](O[C@@H]2O[C@H](CO)[C@@H](O)[C@H](O)[C@H]2O)[C@H](O[C@@H]2[C@@H](O)[C@@H](OC(=O)CCCCCCCCCCC)[C@H](O[C@@H]3[C@@H](O)[C@H]4OC(=O)CCCCCCCCCC(CCCCC)O[C@@H]5O[C@H](C)[C@@H](O)[C@H](O)[C@H]5O[C@H]4O[C@H]3C)O[C@H]2C)O[C@H]1C. The summed E-state index contributed by atoms with van der Waals surface area (Å²) in [7, 11) is 0. The van der Waals surface area contributed by atoms with Gasteiger partial charge in [-0.3, -0.25) is 14.4 Å². The molecule has 0 aromatic rings. The molecule has 0 radical (unpaired) electrons. The smallest absolute Gasteiger partial charge is 0.333 e. The van der Waals surface area contributed by atoms with E-state index in [1.54, 1.807) is 13.8 Å². The minimum absolute atomic E-state index is 0.0366. The highest BCUT2D eigenvalue weighted by atomic mass is 16.8. The maximum absolute atomic E-state index is 14.2. The van der Waals surface area contributed by atoms with Crippen molar-refractivity contribution in [1.29, 1.82) is 0 Å². The van der Waals surface area contributed by atoms with E-state index < -0.39 is 196 Å². The van der Waals surface area contributed by atoms with Crippen molar-refractivity contribution in [1.82, 2.24) is 0 Å². The fourth-order valence-electron chi connectivity index (χ4n) is 12.8. The van der Waals surface area contributed by atoms with Crippen molar-refractivity contribution in [3.63, 3.8) is 0 Å². The third-order valence-corrected chi connectivity index (χ3v) is 19.3. The van der Waals surface area contributed by atoms with Crippen molar-refractivity contribution in [2.75, 3.05) is 6.61 Å². The molecule has 6 rings (SSSR count). The van der Waals surface area contributed by atoms with Gasteiger partial charge in [0.2, 0.25) is 0 Å². The van der Waals surface area contributed by atoms with Gasteiger partial charge in [0, 0.05) is 18.4 Å². The lowest BCUT2D eigenvalue weighted by molar-refractivity contribution is -0.395. The van der Waals surface area contributed by atoms with Crippen LogP contribution in [0.25, 0.3) is 0 Å². The number of aliphatic hydroxyl groups is 9. The Morgan fingerprint density at radius 1 is 0.526 bits per heavy atom. The summed E-state index contributed by atoms with van der Waals surface area (Å²) in [5.41, 5.74) is 0.138. The van der Waals surface area contributed by atoms with Gasteiger partial charge in [-0.2, -0.15) is 0 Å². The van der Waals surface area contributed by atoms with Crippen LogP contribution in [0.15, 0.2) is 11.6 Å². The first kappa shape index (κ1) is 80.8. The van der Waals surface area contributed by atoms with Gasteiger partial charge in [0.05, 0.1) is 49.1 Å². The van der Waals surface area contributed by atoms with E-state index in [1.807, 2.05) is 0 Å². The molecule has 6 aliphatic rings. The molecule has 0 aromatic heterocycles. The first-order chi connectivity index (χ1) is 45.3. The fourth-order valence-corrected chi connectivity index (χ4v) is 12.8. The van der Waals surface area contributed by atoms with Crippen LogP contribution >= 0.6 is 0 Å². The van der Waals surface area contributed by atoms with Crippen LogP contribution in [0.4, 0.5) is 0 Å². The Kier molecular flexibility index (Phi) is 34.3. The van der Waals surface area contributed by atoms with Crippen LogP contribution in [0.3, 0.4) is 0 Å². The van der Waals surface area contributed by atoms with Crippen molar-refractivity contribution in [2.45, 2.75) is 383 Å². The zero-order valence-corrected chi connectivity index (χ0v) is 57.6. The molecule has 550 valence electrons. The number of hydrogen-bond acceptors (Lipinski definition) is 27. The second-order valence-electron chi connectivity index (χ2n) is 26.9. The average molecular weight is 1370 g/mol. The Balaban J connectivity index is 1.35. The summed E-state index contributed by atoms with van der Waals surface area (Å²) in [6.07, 6.45) is -22.3. The number of fused-ring (bicyclic) bond motifs is 2. The Morgan fingerprint density at radius 3 is 1.71 bits per heavy atom. The van der Waals surface area contributed by atoms with Crippen LogP contribution in [-0.4, -0.2) is 242 Å². The maximum atomic E-state index is 14.2. The molecule has 0 saturated carbocycles. The molecule has 6 aliphatic heterocycles. The van der Waals surface area contributed by atoms with Gasteiger partial charge in [0.25, 0.3) is 0 Å². The molecule has 3 unspecified atom stereocenters. The molecule has 28 atom stereocenters. The second-order valence-corrected chi connectivity index (χ2v) is 26.9. The highest BCUT2D eigenvalue weighted by Crippen LogP contribution is 2.40. The van der Waals surface area contributed by atoms with Crippen LogP contribution < -0.4 is 0 Å². The van der Waals surface area contributed by atoms with Gasteiger partial charge in [-0.25, -0.2) is 4.79 Å². The highest BCUT2D eigenvalue weighted by molar-refractivity contribution is 5.87. The lowest BCUT2D eigenvalue weighted by Gasteiger charge is -2.50. The zero-order chi connectivity index (χ0) is 69.6. The van der Waals surface area contributed by atoms with E-state index in [0.717, 1.165) is 103 Å². The first-order valence-corrected chi connectivity index (χ1v) is 35.4. The molecular weight excluding hydrogens is 1250 g/mol. The van der Waals surface area contributed by atoms with Gasteiger partial charge in [0.15, 0.2) is 62.0 Å². The number of aliphatic hydroxyl groups excluding tert-OH is 9. The van der Waals surface area contributed by atoms with E-state index in [1.165, 1.54) is 47.6 Å². The zero-order valence-electron chi connectivity index (χ0n) is 57.6. The van der Waals surface area contributed by atoms with E-state index >= 15 is 0 Å². The molecular formula is C68H116O27. The molecule has 0 bridgehead atoms. The normalized spacial score (nSPS) is 39.6. The average Bonchev–Trinajstić information content (AvgIpc) is 0.773. The van der Waals surface area contributed by atoms with Crippen molar-refractivity contribution in [3.05, 3.63) is 11.6 Å². The third kappa shape index (κ3) is 22.9. The van der Waals surface area contributed by atoms with Crippen molar-refractivity contribution in [2.24, 2.45) is 5.92 Å². The highest BCUT2D eigenvalue weighted by Gasteiger charge is 2.59. The van der Waals surface area contributed by atoms with E-state index in [2.05, 4.69) is 13.8 Å². The molecule has 27 heteroatoms. The van der Waals surface area contributed by atoms with Crippen LogP contribution in [0, 0.1) is 5.92 Å². The number of hydrogen-bond donors (Lipinski definition) is 9.